The molecule has 0 spiro atoms. The highest BCUT2D eigenvalue weighted by atomic mass is 15.0. The van der Waals surface area contributed by atoms with Gasteiger partial charge in [-0.2, -0.15) is 5.26 Å². The Morgan fingerprint density at radius 1 is 0.540 bits per heavy atom. The van der Waals surface area contributed by atoms with E-state index in [1.54, 1.807) is 12.1 Å². The maximum absolute atomic E-state index is 10.0. The van der Waals surface area contributed by atoms with E-state index >= 15 is 0 Å². The monoisotopic (exact) mass is 646 g/mol. The Kier molecular flexibility index (Phi) is 7.00. The molecule has 242 valence electrons. The number of hydrogen-bond donors (Lipinski definition) is 0. The molecule has 2 aromatic heterocycles. The van der Waals surface area contributed by atoms with Crippen LogP contribution in [-0.4, -0.2) is 9.13 Å². The standard InChI is InChI=1S/C46H38N4/c1-45(2,3)30-18-21-41-35(24-30)36-25-31(46(4,5)6)19-22-42(36)50(41)44-26-37-33-15-11-12-16-40(33)49(32-13-9-8-10-14-32)43(37)27-38(44)34-23-29(28-47)17-20-39(34)48-7/h8-27H,1-6H3. The van der Waals surface area contributed by atoms with E-state index in [2.05, 4.69) is 159 Å². The van der Waals surface area contributed by atoms with E-state index in [1.165, 1.54) is 21.9 Å². The lowest BCUT2D eigenvalue weighted by Crippen LogP contribution is -2.10. The zero-order valence-electron chi connectivity index (χ0n) is 29.3. The lowest BCUT2D eigenvalue weighted by atomic mass is 9.85. The number of hydrogen-bond acceptors (Lipinski definition) is 1. The second-order valence-electron chi connectivity index (χ2n) is 15.3. The van der Waals surface area contributed by atoms with Gasteiger partial charge in [-0.25, -0.2) is 4.85 Å². The second kappa shape index (κ2) is 11.2. The smallest absolute Gasteiger partial charge is 0.195 e. The van der Waals surface area contributed by atoms with Crippen LogP contribution < -0.4 is 0 Å². The molecule has 0 aliphatic carbocycles. The summed E-state index contributed by atoms with van der Waals surface area (Å²) in [7, 11) is 0. The number of benzene rings is 6. The summed E-state index contributed by atoms with van der Waals surface area (Å²) in [6, 6.07) is 45.0. The molecule has 0 amide bonds. The average Bonchev–Trinajstić information content (AvgIpc) is 3.62. The van der Waals surface area contributed by atoms with Gasteiger partial charge in [0, 0.05) is 27.2 Å². The quantitative estimate of drug-likeness (QED) is 0.176. The Bertz CT molecular complexity index is 2660. The number of nitrogens with zero attached hydrogens (tertiary/aromatic N) is 4. The molecule has 4 heteroatoms. The minimum atomic E-state index is -0.0180. The van der Waals surface area contributed by atoms with E-state index in [4.69, 9.17) is 6.57 Å². The van der Waals surface area contributed by atoms with E-state index < -0.39 is 0 Å². The third-order valence-corrected chi connectivity index (χ3v) is 10.1. The Balaban J connectivity index is 1.58. The molecule has 0 N–H and O–H groups in total. The van der Waals surface area contributed by atoms with Gasteiger partial charge in [0.15, 0.2) is 5.69 Å². The Hall–Kier alpha value is -6.10. The number of aromatic nitrogens is 2. The van der Waals surface area contributed by atoms with Crippen LogP contribution in [0, 0.1) is 17.9 Å². The van der Waals surface area contributed by atoms with Gasteiger partial charge in [-0.1, -0.05) is 102 Å². The van der Waals surface area contributed by atoms with Crippen LogP contribution >= 0.6 is 0 Å². The predicted octanol–water partition coefficient (Wildman–Crippen LogP) is 12.6. The second-order valence-corrected chi connectivity index (χ2v) is 15.3. The fraction of sp³-hybridized carbons (Fsp3) is 0.174. The molecule has 0 unspecified atom stereocenters. The Labute approximate surface area is 293 Å². The number of nitriles is 1. The van der Waals surface area contributed by atoms with Crippen LogP contribution in [0.25, 0.3) is 71.0 Å². The summed E-state index contributed by atoms with van der Waals surface area (Å²) in [5.41, 5.74) is 11.6. The normalized spacial score (nSPS) is 12.2. The molecule has 8 rings (SSSR count). The fourth-order valence-corrected chi connectivity index (χ4v) is 7.39. The summed E-state index contributed by atoms with van der Waals surface area (Å²) in [5, 5.41) is 14.7. The van der Waals surface area contributed by atoms with E-state index in [0.29, 0.717) is 11.3 Å². The SMILES string of the molecule is [C-]#[N+]c1ccc(C#N)cc1-c1cc2c(cc1-n1c3ccc(C(C)(C)C)cc3c3cc(C(C)(C)C)ccc31)c1ccccc1n2-c1ccccc1. The van der Waals surface area contributed by atoms with Crippen molar-refractivity contribution in [3.8, 4) is 28.6 Å². The van der Waals surface area contributed by atoms with Gasteiger partial charge in [-0.05, 0) is 93.7 Å². The van der Waals surface area contributed by atoms with Crippen molar-refractivity contribution in [1.82, 2.24) is 9.13 Å². The predicted molar refractivity (Wildman–Crippen MR) is 209 cm³/mol. The molecule has 0 aliphatic rings. The van der Waals surface area contributed by atoms with Crippen molar-refractivity contribution >= 4 is 49.3 Å². The first kappa shape index (κ1) is 31.2. The van der Waals surface area contributed by atoms with Crippen molar-refractivity contribution in [2.75, 3.05) is 0 Å². The van der Waals surface area contributed by atoms with Crippen molar-refractivity contribution in [2.24, 2.45) is 0 Å². The third kappa shape index (κ3) is 4.88. The first-order valence-electron chi connectivity index (χ1n) is 17.1. The van der Waals surface area contributed by atoms with Gasteiger partial charge in [0.25, 0.3) is 0 Å². The Morgan fingerprint density at radius 3 is 1.72 bits per heavy atom. The summed E-state index contributed by atoms with van der Waals surface area (Å²) >= 11 is 0. The number of para-hydroxylation sites is 2. The van der Waals surface area contributed by atoms with Crippen molar-refractivity contribution < 1.29 is 0 Å². The van der Waals surface area contributed by atoms with Crippen LogP contribution in [0.2, 0.25) is 0 Å². The molecule has 2 heterocycles. The highest BCUT2D eigenvalue weighted by molar-refractivity contribution is 6.14. The number of fused-ring (bicyclic) bond motifs is 6. The average molecular weight is 647 g/mol. The molecule has 0 saturated heterocycles. The van der Waals surface area contributed by atoms with Crippen molar-refractivity contribution in [2.45, 2.75) is 52.4 Å². The van der Waals surface area contributed by atoms with Crippen LogP contribution in [-0.2, 0) is 10.8 Å². The molecule has 0 bridgehead atoms. The first-order valence-corrected chi connectivity index (χ1v) is 17.1. The van der Waals surface area contributed by atoms with Gasteiger partial charge < -0.3 is 9.13 Å². The van der Waals surface area contributed by atoms with Gasteiger partial charge in [0.05, 0.1) is 46.0 Å². The summed E-state index contributed by atoms with van der Waals surface area (Å²) < 4.78 is 4.68. The minimum absolute atomic E-state index is 0.0180. The van der Waals surface area contributed by atoms with Crippen LogP contribution in [0.4, 0.5) is 5.69 Å². The van der Waals surface area contributed by atoms with E-state index in [-0.39, 0.29) is 10.8 Å². The summed E-state index contributed by atoms with van der Waals surface area (Å²) in [6.45, 7) is 21.8. The molecule has 0 atom stereocenters. The van der Waals surface area contributed by atoms with Crippen LogP contribution in [0.3, 0.4) is 0 Å². The van der Waals surface area contributed by atoms with E-state index in [0.717, 1.165) is 55.3 Å². The molecule has 0 saturated carbocycles. The molecular weight excluding hydrogens is 609 g/mol. The molecule has 8 aromatic rings. The third-order valence-electron chi connectivity index (χ3n) is 10.1. The van der Waals surface area contributed by atoms with E-state index in [1.807, 2.05) is 12.1 Å². The molecule has 6 aromatic carbocycles. The minimum Gasteiger partial charge on any atom is -0.309 e. The van der Waals surface area contributed by atoms with Crippen LogP contribution in [0.5, 0.6) is 0 Å². The lowest BCUT2D eigenvalue weighted by Gasteiger charge is -2.20. The molecular formula is C46H38N4. The number of rotatable bonds is 3. The summed E-state index contributed by atoms with van der Waals surface area (Å²) in [6.07, 6.45) is 0. The highest BCUT2D eigenvalue weighted by Gasteiger charge is 2.24. The maximum Gasteiger partial charge on any atom is 0.195 e. The van der Waals surface area contributed by atoms with Crippen LogP contribution in [0.15, 0.2) is 121 Å². The first-order chi connectivity index (χ1) is 24.0. The van der Waals surface area contributed by atoms with Crippen LogP contribution in [0.1, 0.15) is 58.2 Å². The van der Waals surface area contributed by atoms with Crippen molar-refractivity contribution in [1.29, 1.82) is 5.26 Å². The molecule has 50 heavy (non-hydrogen) atoms. The largest absolute Gasteiger partial charge is 0.309 e. The molecule has 0 aliphatic heterocycles. The zero-order chi connectivity index (χ0) is 34.9. The van der Waals surface area contributed by atoms with Gasteiger partial charge >= 0.3 is 0 Å². The Morgan fingerprint density at radius 2 is 1.12 bits per heavy atom. The maximum atomic E-state index is 10.0. The summed E-state index contributed by atoms with van der Waals surface area (Å²) in [4.78, 5) is 3.97. The van der Waals surface area contributed by atoms with Crippen molar-refractivity contribution in [3.63, 3.8) is 0 Å². The fourth-order valence-electron chi connectivity index (χ4n) is 7.39. The summed E-state index contributed by atoms with van der Waals surface area (Å²) in [5.74, 6) is 0. The van der Waals surface area contributed by atoms with Crippen molar-refractivity contribution in [3.05, 3.63) is 149 Å². The van der Waals surface area contributed by atoms with E-state index in [9.17, 15) is 5.26 Å². The lowest BCUT2D eigenvalue weighted by molar-refractivity contribution is 0.590. The molecule has 0 radical (unpaired) electrons. The molecule has 0 fully saturated rings. The van der Waals surface area contributed by atoms with Gasteiger partial charge in [-0.15, -0.1) is 0 Å². The van der Waals surface area contributed by atoms with Gasteiger partial charge in [-0.3, -0.25) is 0 Å². The highest BCUT2D eigenvalue weighted by Crippen LogP contribution is 2.45. The van der Waals surface area contributed by atoms with Gasteiger partial charge in [0.2, 0.25) is 0 Å². The van der Waals surface area contributed by atoms with Gasteiger partial charge in [0.1, 0.15) is 0 Å². The zero-order valence-corrected chi connectivity index (χ0v) is 29.3. The molecule has 4 nitrogen and oxygen atoms in total. The topological polar surface area (TPSA) is 38.0 Å².